The van der Waals surface area contributed by atoms with Crippen molar-refractivity contribution in [1.29, 1.82) is 5.26 Å². The van der Waals surface area contributed by atoms with Crippen LogP contribution in [0.3, 0.4) is 0 Å². The molecule has 0 radical (unpaired) electrons. The van der Waals surface area contributed by atoms with Crippen LogP contribution in [0.25, 0.3) is 22.3 Å². The number of benzene rings is 1. The van der Waals surface area contributed by atoms with E-state index in [1.165, 1.54) is 18.6 Å². The van der Waals surface area contributed by atoms with Gasteiger partial charge < -0.3 is 14.8 Å². The van der Waals surface area contributed by atoms with Gasteiger partial charge in [-0.1, -0.05) is 6.07 Å². The van der Waals surface area contributed by atoms with E-state index in [-0.39, 0.29) is 11.1 Å². The molecule has 0 bridgehead atoms. The number of nitrogens with zero attached hydrogens (tertiary/aromatic N) is 6. The summed E-state index contributed by atoms with van der Waals surface area (Å²) in [5.41, 5.74) is 4.48. The zero-order valence-corrected chi connectivity index (χ0v) is 23.5. The first-order chi connectivity index (χ1) is 19.3. The standard InChI is InChI=1S/C28H31N7O4S/c1-4-38-26-19(11-18(2)22(13-29)24(26)20-12-21(15-30-14-20)40(3,36)37)8-9-31-27-25-28(33-16-32-27)35(17-34-25)23-7-5-6-10-39-23/h11-12,14-17,23H,4-10H2,1-3H3,(H,31,32,33). The molecule has 1 N–H and O–H groups in total. The lowest BCUT2D eigenvalue weighted by atomic mass is 9.92. The van der Waals surface area contributed by atoms with Crippen LogP contribution < -0.4 is 10.1 Å². The number of fused-ring (bicyclic) bond motifs is 1. The number of ether oxygens (including phenoxy) is 2. The minimum atomic E-state index is -3.49. The van der Waals surface area contributed by atoms with E-state index in [0.717, 1.165) is 43.3 Å². The van der Waals surface area contributed by atoms with Crippen molar-refractivity contribution in [1.82, 2.24) is 24.5 Å². The lowest BCUT2D eigenvalue weighted by Crippen LogP contribution is -2.17. The maximum atomic E-state index is 12.2. The number of nitrogens with one attached hydrogen (secondary N) is 1. The molecule has 1 saturated heterocycles. The van der Waals surface area contributed by atoms with Gasteiger partial charge in [-0.05, 0) is 56.7 Å². The zero-order chi connectivity index (χ0) is 28.3. The molecule has 4 aromatic rings. The van der Waals surface area contributed by atoms with Gasteiger partial charge in [0.1, 0.15) is 24.4 Å². The number of aromatic nitrogens is 5. The maximum Gasteiger partial charge on any atom is 0.177 e. The van der Waals surface area contributed by atoms with Crippen LogP contribution in [0.4, 0.5) is 5.82 Å². The fraction of sp³-hybridized carbons (Fsp3) is 0.393. The van der Waals surface area contributed by atoms with Gasteiger partial charge in [0, 0.05) is 42.9 Å². The van der Waals surface area contributed by atoms with Crippen molar-refractivity contribution in [3.63, 3.8) is 0 Å². The van der Waals surface area contributed by atoms with Crippen LogP contribution in [-0.4, -0.2) is 58.9 Å². The summed E-state index contributed by atoms with van der Waals surface area (Å²) in [6.45, 7) is 5.33. The molecule has 1 aliphatic heterocycles. The number of pyridine rings is 1. The highest BCUT2D eigenvalue weighted by atomic mass is 32.2. The lowest BCUT2D eigenvalue weighted by Gasteiger charge is -2.23. The van der Waals surface area contributed by atoms with Crippen molar-refractivity contribution < 1.29 is 17.9 Å². The number of imidazole rings is 1. The monoisotopic (exact) mass is 561 g/mol. The van der Waals surface area contributed by atoms with Crippen molar-refractivity contribution >= 4 is 26.8 Å². The van der Waals surface area contributed by atoms with E-state index in [1.807, 2.05) is 24.5 Å². The molecule has 0 amide bonds. The SMILES string of the molecule is CCOc1c(CCNc2ncnc3c2ncn3C2CCCCO2)cc(C)c(C#N)c1-c1cncc(S(C)(=O)=O)c1. The van der Waals surface area contributed by atoms with Crippen molar-refractivity contribution in [2.75, 3.05) is 31.3 Å². The Morgan fingerprint density at radius 1 is 1.23 bits per heavy atom. The average molecular weight is 562 g/mol. The molecule has 12 heteroatoms. The number of aryl methyl sites for hydroxylation is 1. The molecule has 1 unspecified atom stereocenters. The molecular weight excluding hydrogens is 530 g/mol. The maximum absolute atomic E-state index is 12.2. The van der Waals surface area contributed by atoms with Crippen molar-refractivity contribution in [3.05, 3.63) is 53.9 Å². The molecule has 40 heavy (non-hydrogen) atoms. The number of sulfone groups is 1. The normalized spacial score (nSPS) is 15.6. The quantitative estimate of drug-likeness (QED) is 0.315. The van der Waals surface area contributed by atoms with E-state index in [0.29, 0.717) is 59.0 Å². The highest BCUT2D eigenvalue weighted by Crippen LogP contribution is 2.39. The summed E-state index contributed by atoms with van der Waals surface area (Å²) in [6, 6.07) is 5.74. The van der Waals surface area contributed by atoms with Crippen LogP contribution >= 0.6 is 0 Å². The third-order valence-electron chi connectivity index (χ3n) is 6.90. The molecule has 3 aromatic heterocycles. The van der Waals surface area contributed by atoms with Gasteiger partial charge in [0.2, 0.25) is 0 Å². The molecule has 1 aromatic carbocycles. The number of anilines is 1. The molecule has 4 heterocycles. The number of hydrogen-bond acceptors (Lipinski definition) is 10. The second-order valence-corrected chi connectivity index (χ2v) is 11.7. The minimum absolute atomic E-state index is 0.0758. The van der Waals surface area contributed by atoms with Gasteiger partial charge in [-0.3, -0.25) is 9.55 Å². The third-order valence-corrected chi connectivity index (χ3v) is 7.98. The van der Waals surface area contributed by atoms with Gasteiger partial charge in [-0.15, -0.1) is 0 Å². The summed E-state index contributed by atoms with van der Waals surface area (Å²) in [6.07, 6.45) is 10.8. The third kappa shape index (κ3) is 5.48. The van der Waals surface area contributed by atoms with Crippen molar-refractivity contribution in [2.24, 2.45) is 0 Å². The van der Waals surface area contributed by atoms with Crippen LogP contribution in [0, 0.1) is 18.3 Å². The summed E-state index contributed by atoms with van der Waals surface area (Å²) >= 11 is 0. The van der Waals surface area contributed by atoms with E-state index in [1.54, 1.807) is 12.5 Å². The van der Waals surface area contributed by atoms with Gasteiger partial charge in [0.05, 0.1) is 23.4 Å². The minimum Gasteiger partial charge on any atom is -0.493 e. The summed E-state index contributed by atoms with van der Waals surface area (Å²) in [4.78, 5) is 17.7. The van der Waals surface area contributed by atoms with E-state index >= 15 is 0 Å². The summed E-state index contributed by atoms with van der Waals surface area (Å²) in [7, 11) is -3.49. The topological polar surface area (TPSA) is 145 Å². The first-order valence-electron chi connectivity index (χ1n) is 13.2. The predicted molar refractivity (Wildman–Crippen MR) is 150 cm³/mol. The Morgan fingerprint density at radius 3 is 2.80 bits per heavy atom. The second-order valence-electron chi connectivity index (χ2n) is 9.70. The highest BCUT2D eigenvalue weighted by Gasteiger charge is 2.22. The lowest BCUT2D eigenvalue weighted by molar-refractivity contribution is -0.0298. The summed E-state index contributed by atoms with van der Waals surface area (Å²) in [5.74, 6) is 1.15. The molecule has 208 valence electrons. The van der Waals surface area contributed by atoms with Crippen molar-refractivity contribution in [3.8, 4) is 22.9 Å². The van der Waals surface area contributed by atoms with E-state index in [4.69, 9.17) is 9.47 Å². The summed E-state index contributed by atoms with van der Waals surface area (Å²) in [5, 5.41) is 13.4. The molecule has 0 spiro atoms. The first kappa shape index (κ1) is 27.5. The Balaban J connectivity index is 1.46. The Labute approximate surface area is 233 Å². The molecular formula is C28H31N7O4S. The molecule has 1 fully saturated rings. The zero-order valence-electron chi connectivity index (χ0n) is 22.7. The van der Waals surface area contributed by atoms with Crippen LogP contribution in [-0.2, 0) is 21.0 Å². The van der Waals surface area contributed by atoms with Gasteiger partial charge in [-0.25, -0.2) is 23.4 Å². The van der Waals surface area contributed by atoms with Crippen LogP contribution in [0.1, 0.15) is 49.1 Å². The first-order valence-corrected chi connectivity index (χ1v) is 15.1. The van der Waals surface area contributed by atoms with Gasteiger partial charge in [0.25, 0.3) is 0 Å². The predicted octanol–water partition coefficient (Wildman–Crippen LogP) is 4.22. The second kappa shape index (κ2) is 11.6. The number of rotatable bonds is 9. The number of nitriles is 1. The molecule has 0 saturated carbocycles. The van der Waals surface area contributed by atoms with E-state index in [2.05, 4.69) is 31.3 Å². The number of hydrogen-bond donors (Lipinski definition) is 1. The largest absolute Gasteiger partial charge is 0.493 e. The molecule has 5 rings (SSSR count). The van der Waals surface area contributed by atoms with Crippen LogP contribution in [0.5, 0.6) is 5.75 Å². The average Bonchev–Trinajstić information content (AvgIpc) is 3.39. The van der Waals surface area contributed by atoms with Gasteiger partial charge in [-0.2, -0.15) is 5.26 Å². The fourth-order valence-corrected chi connectivity index (χ4v) is 5.59. The van der Waals surface area contributed by atoms with Crippen LogP contribution in [0.15, 0.2) is 42.1 Å². The van der Waals surface area contributed by atoms with Gasteiger partial charge >= 0.3 is 0 Å². The smallest absolute Gasteiger partial charge is 0.177 e. The molecule has 1 aliphatic rings. The highest BCUT2D eigenvalue weighted by molar-refractivity contribution is 7.90. The van der Waals surface area contributed by atoms with Crippen molar-refractivity contribution in [2.45, 2.75) is 50.7 Å². The molecule has 11 nitrogen and oxygen atoms in total. The van der Waals surface area contributed by atoms with E-state index in [9.17, 15) is 13.7 Å². The Hall–Kier alpha value is -4.08. The Morgan fingerprint density at radius 2 is 2.08 bits per heavy atom. The summed E-state index contributed by atoms with van der Waals surface area (Å²) < 4.78 is 38.4. The molecule has 1 atom stereocenters. The Kier molecular flexibility index (Phi) is 7.95. The Bertz CT molecular complexity index is 1690. The fourth-order valence-electron chi connectivity index (χ4n) is 4.99. The van der Waals surface area contributed by atoms with E-state index < -0.39 is 9.84 Å². The van der Waals surface area contributed by atoms with Crippen LogP contribution in [0.2, 0.25) is 0 Å². The van der Waals surface area contributed by atoms with Gasteiger partial charge in [0.15, 0.2) is 26.8 Å². The molecule has 0 aliphatic carbocycles.